The van der Waals surface area contributed by atoms with Gasteiger partial charge in [0.15, 0.2) is 0 Å². The summed E-state index contributed by atoms with van der Waals surface area (Å²) < 4.78 is 5.10. The minimum absolute atomic E-state index is 0.0312. The van der Waals surface area contributed by atoms with Gasteiger partial charge in [-0.25, -0.2) is 0 Å². The van der Waals surface area contributed by atoms with E-state index >= 15 is 0 Å². The average Bonchev–Trinajstić information content (AvgIpc) is 2.16. The zero-order valence-corrected chi connectivity index (χ0v) is 7.46. The lowest BCUT2D eigenvalue weighted by molar-refractivity contribution is -0.138. The molecule has 0 aromatic heterocycles. The normalized spacial score (nSPS) is 24.2. The lowest BCUT2D eigenvalue weighted by atomic mass is 10.2. The van der Waals surface area contributed by atoms with E-state index in [0.29, 0.717) is 19.8 Å². The molecular formula is C7H12ClNO3. The smallest absolute Gasteiger partial charge is 0.237 e. The van der Waals surface area contributed by atoms with Crippen LogP contribution in [-0.2, 0) is 9.53 Å². The Bertz CT molecular complexity index is 165. The third kappa shape index (κ3) is 2.09. The number of alkyl halides is 1. The van der Waals surface area contributed by atoms with Gasteiger partial charge in [0, 0.05) is 6.54 Å². The van der Waals surface area contributed by atoms with Crippen molar-refractivity contribution in [2.24, 2.45) is 0 Å². The monoisotopic (exact) mass is 193 g/mol. The molecule has 5 heteroatoms. The number of hydrogen-bond acceptors (Lipinski definition) is 3. The third-order valence-corrected chi connectivity index (χ3v) is 2.10. The molecule has 1 aliphatic rings. The van der Waals surface area contributed by atoms with Gasteiger partial charge in [0.25, 0.3) is 0 Å². The molecule has 1 unspecified atom stereocenters. The second kappa shape index (κ2) is 4.64. The van der Waals surface area contributed by atoms with E-state index in [1.807, 2.05) is 0 Å². The van der Waals surface area contributed by atoms with Gasteiger partial charge in [-0.1, -0.05) is 0 Å². The molecule has 12 heavy (non-hydrogen) atoms. The summed E-state index contributed by atoms with van der Waals surface area (Å²) in [5.41, 5.74) is 0. The highest BCUT2D eigenvalue weighted by Gasteiger charge is 2.25. The lowest BCUT2D eigenvalue weighted by Gasteiger charge is -2.33. The van der Waals surface area contributed by atoms with E-state index in [2.05, 4.69) is 0 Å². The molecule has 1 aliphatic heterocycles. The molecule has 1 atom stereocenters. The summed E-state index contributed by atoms with van der Waals surface area (Å²) in [6.07, 6.45) is 0. The van der Waals surface area contributed by atoms with Crippen molar-refractivity contribution in [2.75, 3.05) is 32.2 Å². The molecule has 0 bridgehead atoms. The Kier molecular flexibility index (Phi) is 3.78. The predicted molar refractivity (Wildman–Crippen MR) is 44.1 cm³/mol. The molecule has 1 heterocycles. The van der Waals surface area contributed by atoms with Crippen LogP contribution in [-0.4, -0.2) is 54.2 Å². The first-order valence-corrected chi connectivity index (χ1v) is 4.37. The van der Waals surface area contributed by atoms with Gasteiger partial charge in [-0.3, -0.25) is 4.79 Å². The fraction of sp³-hybridized carbons (Fsp3) is 0.857. The van der Waals surface area contributed by atoms with Crippen LogP contribution in [0.4, 0.5) is 0 Å². The molecular weight excluding hydrogens is 182 g/mol. The van der Waals surface area contributed by atoms with Crippen LogP contribution in [0.25, 0.3) is 0 Å². The number of carbonyl (C=O) groups excluding carboxylic acids is 1. The van der Waals surface area contributed by atoms with Crippen LogP contribution in [0.1, 0.15) is 0 Å². The molecule has 0 aromatic carbocycles. The number of nitrogens with zero attached hydrogens (tertiary/aromatic N) is 1. The summed E-state index contributed by atoms with van der Waals surface area (Å²) in [4.78, 5) is 12.7. The Morgan fingerprint density at radius 3 is 3.08 bits per heavy atom. The summed E-state index contributed by atoms with van der Waals surface area (Å²) in [7, 11) is 0. The van der Waals surface area contributed by atoms with Gasteiger partial charge in [-0.2, -0.15) is 0 Å². The van der Waals surface area contributed by atoms with Crippen molar-refractivity contribution < 1.29 is 14.6 Å². The van der Waals surface area contributed by atoms with Crippen LogP contribution >= 0.6 is 11.6 Å². The molecule has 0 radical (unpaired) electrons. The highest BCUT2D eigenvalue weighted by molar-refractivity contribution is 6.27. The topological polar surface area (TPSA) is 49.8 Å². The van der Waals surface area contributed by atoms with Crippen LogP contribution < -0.4 is 0 Å². The Balaban J connectivity index is 2.52. The highest BCUT2D eigenvalue weighted by Crippen LogP contribution is 2.06. The molecule has 1 saturated heterocycles. The number of ether oxygens (including phenoxy) is 1. The summed E-state index contributed by atoms with van der Waals surface area (Å²) >= 11 is 5.39. The number of carbonyl (C=O) groups is 1. The first kappa shape index (κ1) is 9.77. The van der Waals surface area contributed by atoms with Crippen LogP contribution in [0.15, 0.2) is 0 Å². The maximum absolute atomic E-state index is 11.2. The Morgan fingerprint density at radius 1 is 1.75 bits per heavy atom. The van der Waals surface area contributed by atoms with Crippen LogP contribution in [0, 0.1) is 0 Å². The average molecular weight is 194 g/mol. The van der Waals surface area contributed by atoms with Crippen molar-refractivity contribution in [2.45, 2.75) is 6.04 Å². The number of rotatable bonds is 2. The minimum atomic E-state index is -0.218. The van der Waals surface area contributed by atoms with Gasteiger partial charge >= 0.3 is 0 Å². The van der Waals surface area contributed by atoms with Gasteiger partial charge < -0.3 is 14.7 Å². The number of aliphatic hydroxyl groups is 1. The highest BCUT2D eigenvalue weighted by atomic mass is 35.5. The van der Waals surface area contributed by atoms with Crippen LogP contribution in [0.2, 0.25) is 0 Å². The van der Waals surface area contributed by atoms with E-state index in [9.17, 15) is 4.79 Å². The van der Waals surface area contributed by atoms with Gasteiger partial charge in [-0.05, 0) is 0 Å². The lowest BCUT2D eigenvalue weighted by Crippen LogP contribution is -2.50. The largest absolute Gasteiger partial charge is 0.394 e. The minimum Gasteiger partial charge on any atom is -0.394 e. The standard InChI is InChI=1S/C7H12ClNO3/c8-3-7(11)9-1-2-12-5-6(9)4-10/h6,10H,1-5H2. The van der Waals surface area contributed by atoms with E-state index in [1.54, 1.807) is 4.90 Å². The first-order chi connectivity index (χ1) is 5.79. The second-order valence-corrected chi connectivity index (χ2v) is 2.90. The second-order valence-electron chi connectivity index (χ2n) is 2.63. The molecule has 1 rings (SSSR count). The van der Waals surface area contributed by atoms with E-state index in [0.717, 1.165) is 0 Å². The van der Waals surface area contributed by atoms with Crippen molar-refractivity contribution in [1.82, 2.24) is 4.90 Å². The molecule has 0 aromatic rings. The Labute approximate surface area is 76.1 Å². The third-order valence-electron chi connectivity index (χ3n) is 1.87. The van der Waals surface area contributed by atoms with Crippen molar-refractivity contribution in [3.8, 4) is 0 Å². The Hall–Kier alpha value is -0.320. The summed E-state index contributed by atoms with van der Waals surface area (Å²) in [5.74, 6) is -0.171. The van der Waals surface area contributed by atoms with E-state index in [1.165, 1.54) is 0 Å². The van der Waals surface area contributed by atoms with Gasteiger partial charge in [0.1, 0.15) is 5.88 Å². The number of amides is 1. The molecule has 0 spiro atoms. The zero-order chi connectivity index (χ0) is 8.97. The van der Waals surface area contributed by atoms with E-state index in [4.69, 9.17) is 21.4 Å². The van der Waals surface area contributed by atoms with Crippen molar-refractivity contribution in [3.05, 3.63) is 0 Å². The fourth-order valence-corrected chi connectivity index (χ4v) is 1.36. The number of aliphatic hydroxyl groups excluding tert-OH is 1. The summed E-state index contributed by atoms with van der Waals surface area (Å²) in [6.45, 7) is 1.39. The SMILES string of the molecule is O=C(CCl)N1CCOCC1CO. The zero-order valence-electron chi connectivity index (χ0n) is 6.70. The number of morpholine rings is 1. The van der Waals surface area contributed by atoms with Gasteiger partial charge in [0.2, 0.25) is 5.91 Å². The van der Waals surface area contributed by atoms with Crippen molar-refractivity contribution in [3.63, 3.8) is 0 Å². The molecule has 70 valence electrons. The van der Waals surface area contributed by atoms with E-state index in [-0.39, 0.29) is 24.4 Å². The van der Waals surface area contributed by atoms with Crippen LogP contribution in [0.3, 0.4) is 0 Å². The molecule has 1 N–H and O–H groups in total. The van der Waals surface area contributed by atoms with Crippen molar-refractivity contribution >= 4 is 17.5 Å². The number of hydrogen-bond donors (Lipinski definition) is 1. The molecule has 0 saturated carbocycles. The summed E-state index contributed by atoms with van der Waals surface area (Å²) in [5, 5.41) is 8.89. The maximum atomic E-state index is 11.2. The number of halogens is 1. The van der Waals surface area contributed by atoms with Crippen molar-refractivity contribution in [1.29, 1.82) is 0 Å². The predicted octanol–water partition coefficient (Wildman–Crippen LogP) is -0.555. The molecule has 1 amide bonds. The van der Waals surface area contributed by atoms with Gasteiger partial charge in [-0.15, -0.1) is 11.6 Å². The van der Waals surface area contributed by atoms with Gasteiger partial charge in [0.05, 0.1) is 25.9 Å². The Morgan fingerprint density at radius 2 is 2.50 bits per heavy atom. The van der Waals surface area contributed by atoms with E-state index < -0.39 is 0 Å². The molecule has 4 nitrogen and oxygen atoms in total. The summed E-state index contributed by atoms with van der Waals surface area (Å²) in [6, 6.07) is -0.218. The molecule has 0 aliphatic carbocycles. The molecule has 1 fully saturated rings. The quantitative estimate of drug-likeness (QED) is 0.599. The first-order valence-electron chi connectivity index (χ1n) is 3.83. The van der Waals surface area contributed by atoms with Crippen LogP contribution in [0.5, 0.6) is 0 Å². The fourth-order valence-electron chi connectivity index (χ4n) is 1.21. The maximum Gasteiger partial charge on any atom is 0.237 e.